The van der Waals surface area contributed by atoms with E-state index in [-0.39, 0.29) is 33.2 Å². The van der Waals surface area contributed by atoms with Gasteiger partial charge in [0.15, 0.2) is 10.8 Å². The minimum absolute atomic E-state index is 0.00989. The van der Waals surface area contributed by atoms with Crippen molar-refractivity contribution in [3.8, 4) is 0 Å². The molecule has 0 aliphatic rings. The number of nitrogen functional groups attached to an aromatic ring is 1. The summed E-state index contributed by atoms with van der Waals surface area (Å²) in [5.41, 5.74) is 6.06. The van der Waals surface area contributed by atoms with Crippen LogP contribution in [0.25, 0.3) is 0 Å². The second-order valence-corrected chi connectivity index (χ2v) is 5.48. The highest BCUT2D eigenvalue weighted by molar-refractivity contribution is 6.46. The van der Waals surface area contributed by atoms with Gasteiger partial charge >= 0.3 is 5.97 Å². The molecular weight excluding hydrogens is 358 g/mol. The third-order valence-corrected chi connectivity index (χ3v) is 4.09. The van der Waals surface area contributed by atoms with Crippen molar-refractivity contribution in [2.24, 2.45) is 0 Å². The van der Waals surface area contributed by atoms with Gasteiger partial charge in [-0.1, -0.05) is 64.6 Å². The monoisotopic (exact) mass is 364 g/mol. The van der Waals surface area contributed by atoms with Crippen LogP contribution in [0.4, 0.5) is 5.69 Å². The summed E-state index contributed by atoms with van der Waals surface area (Å²) in [7, 11) is 0. The molecule has 0 unspecified atom stereocenters. The summed E-state index contributed by atoms with van der Waals surface area (Å²) in [6.45, 7) is -0.0311. The summed E-state index contributed by atoms with van der Waals surface area (Å²) < 4.78 is 5.10. The van der Waals surface area contributed by atoms with Gasteiger partial charge in [0.05, 0.1) is 10.7 Å². The third kappa shape index (κ3) is 3.52. The Kier molecular flexibility index (Phi) is 5.17. The summed E-state index contributed by atoms with van der Waals surface area (Å²) in [6.07, 6.45) is 0. The highest BCUT2D eigenvalue weighted by Crippen LogP contribution is 2.34. The second kappa shape index (κ2) is 6.71. The van der Waals surface area contributed by atoms with E-state index in [1.165, 1.54) is 0 Å². The van der Waals surface area contributed by atoms with Crippen molar-refractivity contribution in [1.29, 1.82) is 0 Å². The highest BCUT2D eigenvalue weighted by Gasteiger charge is 2.21. The molecule has 0 atom stereocenters. The van der Waals surface area contributed by atoms with Gasteiger partial charge in [-0.3, -0.25) is 0 Å². The van der Waals surface area contributed by atoms with E-state index in [9.17, 15) is 4.79 Å². The van der Waals surface area contributed by atoms with Crippen molar-refractivity contribution < 1.29 is 9.53 Å². The average molecular weight is 366 g/mol. The SMILES string of the molecule is Nc1c(Cl)c(Cl)nc(C(=O)OCc2ccccc2Cl)c1Cl. The van der Waals surface area contributed by atoms with E-state index in [1.807, 2.05) is 0 Å². The molecule has 0 aliphatic carbocycles. The van der Waals surface area contributed by atoms with Gasteiger partial charge < -0.3 is 10.5 Å². The average Bonchev–Trinajstić information content (AvgIpc) is 2.47. The molecule has 0 radical (unpaired) electrons. The zero-order valence-corrected chi connectivity index (χ0v) is 13.4. The van der Waals surface area contributed by atoms with E-state index >= 15 is 0 Å². The summed E-state index contributed by atoms with van der Waals surface area (Å²) in [5.74, 6) is -0.773. The lowest BCUT2D eigenvalue weighted by Gasteiger charge is -2.09. The maximum Gasteiger partial charge on any atom is 0.358 e. The second-order valence-electron chi connectivity index (χ2n) is 3.96. The number of hydrogen-bond donors (Lipinski definition) is 1. The van der Waals surface area contributed by atoms with Crippen molar-refractivity contribution in [3.05, 3.63) is 55.7 Å². The summed E-state index contributed by atoms with van der Waals surface area (Å²) in [6, 6.07) is 6.96. The Morgan fingerprint density at radius 1 is 1.14 bits per heavy atom. The van der Waals surface area contributed by atoms with Crippen LogP contribution in [0.2, 0.25) is 20.2 Å². The number of anilines is 1. The predicted octanol–water partition coefficient (Wildman–Crippen LogP) is 4.63. The first-order chi connectivity index (χ1) is 9.91. The van der Waals surface area contributed by atoms with Crippen molar-refractivity contribution in [3.63, 3.8) is 0 Å². The molecule has 1 aromatic heterocycles. The fraction of sp³-hybridized carbons (Fsp3) is 0.0769. The number of halogens is 4. The Bertz CT molecular complexity index is 707. The Labute approximate surface area is 140 Å². The van der Waals surface area contributed by atoms with Gasteiger partial charge in [-0.05, 0) is 6.07 Å². The predicted molar refractivity (Wildman–Crippen MR) is 84.3 cm³/mol. The Hall–Kier alpha value is -1.20. The molecule has 0 amide bonds. The number of ether oxygens (including phenoxy) is 1. The Morgan fingerprint density at radius 3 is 2.48 bits per heavy atom. The van der Waals surface area contributed by atoms with Gasteiger partial charge in [0.2, 0.25) is 0 Å². The zero-order chi connectivity index (χ0) is 15.6. The van der Waals surface area contributed by atoms with Crippen molar-refractivity contribution in [1.82, 2.24) is 4.98 Å². The first kappa shape index (κ1) is 16.2. The minimum atomic E-state index is -0.773. The van der Waals surface area contributed by atoms with Crippen LogP contribution in [0.15, 0.2) is 24.3 Å². The van der Waals surface area contributed by atoms with Gasteiger partial charge in [-0.2, -0.15) is 0 Å². The molecular formula is C13H8Cl4N2O2. The van der Waals surface area contributed by atoms with E-state index < -0.39 is 5.97 Å². The van der Waals surface area contributed by atoms with Gasteiger partial charge in [0.1, 0.15) is 11.6 Å². The van der Waals surface area contributed by atoms with E-state index in [0.717, 1.165) is 0 Å². The molecule has 1 aromatic carbocycles. The quantitative estimate of drug-likeness (QED) is 0.635. The first-order valence-corrected chi connectivity index (χ1v) is 7.13. The lowest BCUT2D eigenvalue weighted by atomic mass is 10.2. The fourth-order valence-electron chi connectivity index (χ4n) is 1.49. The lowest BCUT2D eigenvalue weighted by Crippen LogP contribution is -2.10. The summed E-state index contributed by atoms with van der Waals surface area (Å²) in [4.78, 5) is 15.8. The summed E-state index contributed by atoms with van der Waals surface area (Å²) in [5, 5.41) is 0.249. The molecule has 4 nitrogen and oxygen atoms in total. The maximum absolute atomic E-state index is 12.0. The van der Waals surface area contributed by atoms with E-state index in [1.54, 1.807) is 24.3 Å². The molecule has 110 valence electrons. The van der Waals surface area contributed by atoms with Crippen LogP contribution in [0.5, 0.6) is 0 Å². The van der Waals surface area contributed by atoms with E-state index in [2.05, 4.69) is 4.98 Å². The number of esters is 1. The molecule has 2 aromatic rings. The van der Waals surface area contributed by atoms with E-state index in [0.29, 0.717) is 10.6 Å². The van der Waals surface area contributed by atoms with Crippen LogP contribution >= 0.6 is 46.4 Å². The number of carbonyl (C=O) groups is 1. The number of hydrogen-bond acceptors (Lipinski definition) is 4. The fourth-order valence-corrected chi connectivity index (χ4v) is 2.27. The Morgan fingerprint density at radius 2 is 1.81 bits per heavy atom. The van der Waals surface area contributed by atoms with Crippen LogP contribution in [0, 0.1) is 0 Å². The van der Waals surface area contributed by atoms with Crippen molar-refractivity contribution >= 4 is 58.1 Å². The molecule has 0 saturated heterocycles. The zero-order valence-electron chi connectivity index (χ0n) is 10.4. The molecule has 1 heterocycles. The third-order valence-electron chi connectivity index (χ3n) is 2.58. The molecule has 21 heavy (non-hydrogen) atoms. The number of aromatic nitrogens is 1. The normalized spacial score (nSPS) is 10.5. The van der Waals surface area contributed by atoms with Crippen molar-refractivity contribution in [2.75, 3.05) is 5.73 Å². The summed E-state index contributed by atoms with van der Waals surface area (Å²) >= 11 is 23.4. The van der Waals surface area contributed by atoms with Crippen LogP contribution < -0.4 is 5.73 Å². The molecule has 0 spiro atoms. The minimum Gasteiger partial charge on any atom is -0.456 e. The smallest absolute Gasteiger partial charge is 0.358 e. The first-order valence-electron chi connectivity index (χ1n) is 5.62. The number of benzene rings is 1. The molecule has 0 bridgehead atoms. The number of nitrogens with zero attached hydrogens (tertiary/aromatic N) is 1. The van der Waals surface area contributed by atoms with Crippen LogP contribution in [0.3, 0.4) is 0 Å². The largest absolute Gasteiger partial charge is 0.456 e. The molecule has 8 heteroatoms. The van der Waals surface area contributed by atoms with Crippen LogP contribution in [-0.4, -0.2) is 11.0 Å². The van der Waals surface area contributed by atoms with Gasteiger partial charge in [-0.25, -0.2) is 9.78 Å². The number of pyridine rings is 1. The van der Waals surface area contributed by atoms with Gasteiger partial charge in [-0.15, -0.1) is 0 Å². The molecule has 0 fully saturated rings. The molecule has 2 N–H and O–H groups in total. The Balaban J connectivity index is 2.20. The van der Waals surface area contributed by atoms with Crippen LogP contribution in [0.1, 0.15) is 16.1 Å². The topological polar surface area (TPSA) is 65.2 Å². The highest BCUT2D eigenvalue weighted by atomic mass is 35.5. The maximum atomic E-state index is 12.0. The van der Waals surface area contributed by atoms with Crippen LogP contribution in [-0.2, 0) is 11.3 Å². The number of nitrogens with two attached hydrogens (primary N) is 1. The molecule has 0 saturated carbocycles. The molecule has 2 rings (SSSR count). The number of rotatable bonds is 3. The van der Waals surface area contributed by atoms with Gasteiger partial charge in [0.25, 0.3) is 0 Å². The van der Waals surface area contributed by atoms with E-state index in [4.69, 9.17) is 56.9 Å². The van der Waals surface area contributed by atoms with Gasteiger partial charge in [0, 0.05) is 10.6 Å². The van der Waals surface area contributed by atoms with Crippen molar-refractivity contribution in [2.45, 2.75) is 6.61 Å². The number of carbonyl (C=O) groups excluding carboxylic acids is 1. The standard InChI is InChI=1S/C13H8Cl4N2O2/c14-7-4-2-1-3-6(7)5-21-13(20)11-8(15)10(18)9(16)12(17)19-11/h1-4H,5H2,(H2,18,19). The molecule has 0 aliphatic heterocycles. The lowest BCUT2D eigenvalue weighted by molar-refractivity contribution is 0.0466.